The minimum Gasteiger partial charge on any atom is -0.479 e. The van der Waals surface area contributed by atoms with Crippen molar-refractivity contribution in [1.82, 2.24) is 25.6 Å². The average Bonchev–Trinajstić information content (AvgIpc) is 4.18. The van der Waals surface area contributed by atoms with Gasteiger partial charge in [0, 0.05) is 73.3 Å². The lowest BCUT2D eigenvalue weighted by molar-refractivity contribution is -0.150. The summed E-state index contributed by atoms with van der Waals surface area (Å²) in [6.45, 7) is 4.22. The molecule has 0 aliphatic heterocycles. The number of amides is 2. The Morgan fingerprint density at radius 3 is 1.12 bits per heavy atom. The highest BCUT2D eigenvalue weighted by molar-refractivity contribution is 6.09. The molecule has 0 saturated heterocycles. The molecule has 6 aromatic carbocycles. The summed E-state index contributed by atoms with van der Waals surface area (Å²) in [5, 5.41) is 26.6. The molecule has 6 N–H and O–H groups in total. The summed E-state index contributed by atoms with van der Waals surface area (Å²) in [7, 11) is 0. The molecule has 3 heterocycles. The number of fused-ring (bicyclic) bond motifs is 6. The van der Waals surface area contributed by atoms with Gasteiger partial charge in [-0.05, 0) is 83.6 Å². The van der Waals surface area contributed by atoms with Crippen molar-refractivity contribution in [2.45, 2.75) is 69.0 Å². The van der Waals surface area contributed by atoms with Crippen LogP contribution in [0.3, 0.4) is 0 Å². The summed E-state index contributed by atoms with van der Waals surface area (Å²) < 4.78 is 10.3. The number of rotatable bonds is 10. The molecule has 0 spiro atoms. The molecule has 16 heteroatoms. The van der Waals surface area contributed by atoms with Crippen molar-refractivity contribution >= 4 is 68.4 Å². The molecule has 0 unspecified atom stereocenters. The standard InChI is InChI=1S/C22H20N2O3.C20H16N2O3.C12H15NO2.C10H7NO2/c1-2-27-21(26)22(13-15-7-3-4-8-16(15)14-22)24-20(25)18-11-12-23-19-10-6-5-9-17(18)19;23-18(16-9-10-21-17-8-4-3-7-15(16)17)22-20(19(24)25)11-13-5-1-2-6-14(13)12-20;1-2-15-11(14)12(13)7-9-5-3-4-6-10(9)8-12;12-10(13)8-5-6-11-9-4-2-1-3-7(8)9/h3-12H,2,13-14H2,1H3,(H,24,25);1-10H,11-12H2,(H,22,23)(H,24,25);3-6H,2,7-8,13H2,1H3;1-6H,(H,12,13). The Kier molecular flexibility index (Phi) is 16.5. The van der Waals surface area contributed by atoms with E-state index >= 15 is 0 Å². The van der Waals surface area contributed by atoms with Crippen LogP contribution in [0.15, 0.2) is 182 Å². The molecular formula is C64H58N6O10. The van der Waals surface area contributed by atoms with Crippen LogP contribution in [-0.4, -0.2) is 90.7 Å². The predicted octanol–water partition coefficient (Wildman–Crippen LogP) is 8.63. The van der Waals surface area contributed by atoms with Crippen molar-refractivity contribution in [1.29, 1.82) is 0 Å². The first kappa shape index (κ1) is 55.1. The summed E-state index contributed by atoms with van der Waals surface area (Å²) in [4.78, 5) is 85.9. The minimum absolute atomic E-state index is 0.269. The number of ether oxygens (including phenoxy) is 2. The summed E-state index contributed by atoms with van der Waals surface area (Å²) in [6.07, 6.45) is 7.27. The molecule has 3 aromatic heterocycles. The molecule has 9 aromatic rings. The van der Waals surface area contributed by atoms with E-state index in [0.717, 1.165) is 44.3 Å². The van der Waals surface area contributed by atoms with E-state index in [0.29, 0.717) is 70.8 Å². The van der Waals surface area contributed by atoms with E-state index in [1.54, 1.807) is 56.6 Å². The van der Waals surface area contributed by atoms with Crippen LogP contribution in [-0.2, 0) is 62.4 Å². The van der Waals surface area contributed by atoms with Gasteiger partial charge in [0.15, 0.2) is 0 Å². The lowest BCUT2D eigenvalue weighted by Gasteiger charge is -2.28. The first-order valence-electron chi connectivity index (χ1n) is 26.1. The second kappa shape index (κ2) is 23.9. The fraction of sp³-hybridized carbons (Fsp3) is 0.203. The highest BCUT2D eigenvalue weighted by Crippen LogP contribution is 2.34. The first-order chi connectivity index (χ1) is 38.7. The number of benzene rings is 6. The number of carboxylic acid groups (broad SMARTS) is 2. The van der Waals surface area contributed by atoms with Gasteiger partial charge in [0.2, 0.25) is 0 Å². The maximum absolute atomic E-state index is 13.1. The molecule has 3 aliphatic rings. The number of para-hydroxylation sites is 3. The molecule has 0 saturated carbocycles. The van der Waals surface area contributed by atoms with Crippen LogP contribution in [0.4, 0.5) is 0 Å². The molecule has 16 nitrogen and oxygen atoms in total. The molecule has 0 radical (unpaired) electrons. The zero-order chi connectivity index (χ0) is 56.4. The monoisotopic (exact) mass is 1070 g/mol. The van der Waals surface area contributed by atoms with E-state index in [9.17, 15) is 33.9 Å². The van der Waals surface area contributed by atoms with Gasteiger partial charge in [0.05, 0.1) is 46.5 Å². The molecule has 404 valence electrons. The smallest absolute Gasteiger partial charge is 0.336 e. The van der Waals surface area contributed by atoms with Crippen molar-refractivity contribution in [3.05, 3.63) is 232 Å². The number of aliphatic carboxylic acids is 1. The topological polar surface area (TPSA) is 250 Å². The van der Waals surface area contributed by atoms with E-state index in [2.05, 4.69) is 25.6 Å². The average molecular weight is 1070 g/mol. The number of carboxylic acids is 2. The van der Waals surface area contributed by atoms with Gasteiger partial charge in [-0.2, -0.15) is 0 Å². The number of hydrogen-bond donors (Lipinski definition) is 5. The highest BCUT2D eigenvalue weighted by Gasteiger charge is 2.48. The third kappa shape index (κ3) is 11.8. The van der Waals surface area contributed by atoms with Gasteiger partial charge < -0.3 is 36.1 Å². The maximum Gasteiger partial charge on any atom is 0.336 e. The number of aromatic carboxylic acids is 1. The highest BCUT2D eigenvalue weighted by atomic mass is 16.5. The number of nitrogens with zero attached hydrogens (tertiary/aromatic N) is 3. The summed E-state index contributed by atoms with van der Waals surface area (Å²) in [5.41, 5.74) is 12.6. The van der Waals surface area contributed by atoms with Crippen molar-refractivity contribution in [2.75, 3.05) is 13.2 Å². The Labute approximate surface area is 461 Å². The van der Waals surface area contributed by atoms with Crippen molar-refractivity contribution < 1.29 is 48.5 Å². The number of aromatic nitrogens is 3. The fourth-order valence-corrected chi connectivity index (χ4v) is 10.6. The van der Waals surface area contributed by atoms with Gasteiger partial charge in [-0.15, -0.1) is 0 Å². The molecular weight excluding hydrogens is 1010 g/mol. The predicted molar refractivity (Wildman–Crippen MR) is 302 cm³/mol. The second-order valence-electron chi connectivity index (χ2n) is 19.8. The quantitative estimate of drug-likeness (QED) is 0.0805. The van der Waals surface area contributed by atoms with E-state index in [1.165, 1.54) is 12.3 Å². The Balaban J connectivity index is 0.000000135. The number of hydrogen-bond acceptors (Lipinski definition) is 12. The van der Waals surface area contributed by atoms with Gasteiger partial charge in [0.25, 0.3) is 11.8 Å². The van der Waals surface area contributed by atoms with Crippen molar-refractivity contribution in [3.8, 4) is 0 Å². The number of pyridine rings is 3. The van der Waals surface area contributed by atoms with E-state index in [-0.39, 0.29) is 31.3 Å². The number of carbonyl (C=O) groups is 6. The number of esters is 2. The van der Waals surface area contributed by atoms with Crippen molar-refractivity contribution in [3.63, 3.8) is 0 Å². The van der Waals surface area contributed by atoms with Crippen LogP contribution >= 0.6 is 0 Å². The zero-order valence-corrected chi connectivity index (χ0v) is 44.1. The Bertz CT molecular complexity index is 3730. The third-order valence-corrected chi connectivity index (χ3v) is 14.5. The van der Waals surface area contributed by atoms with Gasteiger partial charge >= 0.3 is 23.9 Å². The normalized spacial score (nSPS) is 14.4. The summed E-state index contributed by atoms with van der Waals surface area (Å²) in [6, 6.07) is 50.2. The van der Waals surface area contributed by atoms with E-state index < -0.39 is 40.4 Å². The van der Waals surface area contributed by atoms with E-state index in [4.69, 9.17) is 20.3 Å². The SMILES string of the molecule is CCOC(=O)C1(N)Cc2ccccc2C1.CCOC(=O)C1(NC(=O)c2ccnc3ccccc23)Cc2ccccc2C1.O=C(NC1(C(=O)O)Cc2ccccc2C1)c1ccnc2ccccc12.O=C(O)c1ccnc2ccccc12. The lowest BCUT2D eigenvalue weighted by Crippen LogP contribution is -2.56. The number of carbonyl (C=O) groups excluding carboxylic acids is 4. The van der Waals surface area contributed by atoms with Crippen LogP contribution in [0.1, 0.15) is 78.3 Å². The molecule has 0 atom stereocenters. The largest absolute Gasteiger partial charge is 0.479 e. The van der Waals surface area contributed by atoms with E-state index in [1.807, 2.05) is 127 Å². The Hall–Kier alpha value is -9.67. The third-order valence-electron chi connectivity index (χ3n) is 14.5. The molecule has 0 bridgehead atoms. The fourth-order valence-electron chi connectivity index (χ4n) is 10.6. The van der Waals surface area contributed by atoms with Crippen LogP contribution in [0.2, 0.25) is 0 Å². The first-order valence-corrected chi connectivity index (χ1v) is 26.1. The Morgan fingerprint density at radius 1 is 0.438 bits per heavy atom. The van der Waals surface area contributed by atoms with Crippen LogP contribution in [0, 0.1) is 0 Å². The molecule has 0 fully saturated rings. The zero-order valence-electron chi connectivity index (χ0n) is 44.1. The van der Waals surface area contributed by atoms with Crippen molar-refractivity contribution in [2.24, 2.45) is 5.73 Å². The Morgan fingerprint density at radius 2 is 0.750 bits per heavy atom. The van der Waals surface area contributed by atoms with Gasteiger partial charge in [-0.25, -0.2) is 14.4 Å². The van der Waals surface area contributed by atoms with Crippen LogP contribution < -0.4 is 16.4 Å². The molecule has 12 rings (SSSR count). The van der Waals surface area contributed by atoms with Gasteiger partial charge in [0.1, 0.15) is 16.6 Å². The lowest BCUT2D eigenvalue weighted by atomic mass is 9.94. The summed E-state index contributed by atoms with van der Waals surface area (Å²) >= 11 is 0. The summed E-state index contributed by atoms with van der Waals surface area (Å²) in [5.74, 6) is -3.31. The second-order valence-corrected chi connectivity index (χ2v) is 19.8. The molecule has 3 aliphatic carbocycles. The maximum atomic E-state index is 13.1. The van der Waals surface area contributed by atoms with Crippen LogP contribution in [0.5, 0.6) is 0 Å². The minimum atomic E-state index is -1.31. The molecule has 2 amide bonds. The molecule has 80 heavy (non-hydrogen) atoms. The number of nitrogens with two attached hydrogens (primary N) is 1. The van der Waals surface area contributed by atoms with Crippen LogP contribution in [0.25, 0.3) is 32.7 Å². The van der Waals surface area contributed by atoms with Gasteiger partial charge in [-0.3, -0.25) is 29.3 Å². The van der Waals surface area contributed by atoms with Gasteiger partial charge in [-0.1, -0.05) is 127 Å². The number of nitrogens with one attached hydrogen (secondary N) is 2.